The van der Waals surface area contributed by atoms with Gasteiger partial charge in [-0.1, -0.05) is 20.3 Å². The van der Waals surface area contributed by atoms with Crippen LogP contribution in [0.3, 0.4) is 0 Å². The van der Waals surface area contributed by atoms with Gasteiger partial charge in [0.1, 0.15) is 0 Å². The molecule has 0 aromatic carbocycles. The van der Waals surface area contributed by atoms with Gasteiger partial charge >= 0.3 is 0 Å². The summed E-state index contributed by atoms with van der Waals surface area (Å²) in [5.74, 6) is 0.706. The summed E-state index contributed by atoms with van der Waals surface area (Å²) < 4.78 is 0. The minimum Gasteiger partial charge on any atom is -0.368 e. The molecule has 116 valence electrons. The Morgan fingerprint density at radius 2 is 2.20 bits per heavy atom. The summed E-state index contributed by atoms with van der Waals surface area (Å²) in [7, 11) is 0. The lowest BCUT2D eigenvalue weighted by Crippen LogP contribution is -2.60. The topological polar surface area (TPSA) is 58.4 Å². The summed E-state index contributed by atoms with van der Waals surface area (Å²) in [6.07, 6.45) is 8.08. The monoisotopic (exact) mass is 281 g/mol. The fraction of sp³-hybridized carbons (Fsp3) is 0.938. The average Bonchev–Trinajstić information content (AvgIpc) is 2.88. The van der Waals surface area contributed by atoms with E-state index in [0.29, 0.717) is 6.04 Å². The van der Waals surface area contributed by atoms with Crippen LogP contribution < -0.4 is 11.1 Å². The number of likely N-dealkylation sites (tertiary alicyclic amines) is 1. The summed E-state index contributed by atoms with van der Waals surface area (Å²) in [5.41, 5.74) is 5.25. The SMILES string of the molecule is CCCC1CCN(C2CCCC(NCC)(C(N)=O)C2)C1. The van der Waals surface area contributed by atoms with Crippen molar-refractivity contribution in [1.82, 2.24) is 10.2 Å². The van der Waals surface area contributed by atoms with E-state index in [9.17, 15) is 4.79 Å². The first-order valence-electron chi connectivity index (χ1n) is 8.40. The third-order valence-electron chi connectivity index (χ3n) is 5.24. The lowest BCUT2D eigenvalue weighted by molar-refractivity contribution is -0.126. The number of hydrogen-bond donors (Lipinski definition) is 2. The summed E-state index contributed by atoms with van der Waals surface area (Å²) in [4.78, 5) is 14.6. The van der Waals surface area contributed by atoms with Crippen molar-refractivity contribution < 1.29 is 4.79 Å². The van der Waals surface area contributed by atoms with Gasteiger partial charge in [-0.3, -0.25) is 4.79 Å². The van der Waals surface area contributed by atoms with E-state index in [4.69, 9.17) is 5.73 Å². The first-order chi connectivity index (χ1) is 9.61. The van der Waals surface area contributed by atoms with Crippen LogP contribution in [0.15, 0.2) is 0 Å². The number of nitrogens with zero attached hydrogens (tertiary/aromatic N) is 1. The molecule has 1 saturated heterocycles. The molecule has 4 nitrogen and oxygen atoms in total. The van der Waals surface area contributed by atoms with Crippen molar-refractivity contribution in [2.45, 2.75) is 70.4 Å². The summed E-state index contributed by atoms with van der Waals surface area (Å²) in [6, 6.07) is 0.539. The largest absolute Gasteiger partial charge is 0.368 e. The third kappa shape index (κ3) is 3.34. The molecule has 0 spiro atoms. The average molecular weight is 281 g/mol. The molecule has 0 radical (unpaired) electrons. The van der Waals surface area contributed by atoms with Crippen molar-refractivity contribution in [2.75, 3.05) is 19.6 Å². The van der Waals surface area contributed by atoms with Crippen molar-refractivity contribution in [3.63, 3.8) is 0 Å². The number of primary amides is 1. The zero-order chi connectivity index (χ0) is 14.6. The quantitative estimate of drug-likeness (QED) is 0.781. The predicted molar refractivity (Wildman–Crippen MR) is 82.4 cm³/mol. The molecule has 3 unspecified atom stereocenters. The molecule has 3 N–H and O–H groups in total. The van der Waals surface area contributed by atoms with Crippen molar-refractivity contribution in [3.8, 4) is 0 Å². The van der Waals surface area contributed by atoms with Crippen molar-refractivity contribution in [1.29, 1.82) is 0 Å². The first kappa shape index (κ1) is 15.8. The van der Waals surface area contributed by atoms with Gasteiger partial charge < -0.3 is 16.0 Å². The normalized spacial score (nSPS) is 35.3. The number of hydrogen-bond acceptors (Lipinski definition) is 3. The highest BCUT2D eigenvalue weighted by atomic mass is 16.1. The van der Waals surface area contributed by atoms with E-state index in [1.165, 1.54) is 38.8 Å². The smallest absolute Gasteiger partial charge is 0.237 e. The van der Waals surface area contributed by atoms with Gasteiger partial charge in [-0.15, -0.1) is 0 Å². The molecule has 0 bridgehead atoms. The number of amides is 1. The number of likely N-dealkylation sites (N-methyl/N-ethyl adjacent to an activating group) is 1. The van der Waals surface area contributed by atoms with Crippen LogP contribution in [-0.4, -0.2) is 42.0 Å². The number of rotatable bonds is 6. The molecule has 20 heavy (non-hydrogen) atoms. The minimum atomic E-state index is -0.458. The lowest BCUT2D eigenvalue weighted by atomic mass is 9.77. The zero-order valence-electron chi connectivity index (χ0n) is 13.2. The second-order valence-electron chi connectivity index (χ2n) is 6.67. The maximum Gasteiger partial charge on any atom is 0.237 e. The van der Waals surface area contributed by atoms with E-state index < -0.39 is 5.54 Å². The van der Waals surface area contributed by atoms with Gasteiger partial charge in [0.25, 0.3) is 0 Å². The maximum absolute atomic E-state index is 11.9. The maximum atomic E-state index is 11.9. The van der Waals surface area contributed by atoms with Crippen LogP contribution in [0.4, 0.5) is 0 Å². The van der Waals surface area contributed by atoms with E-state index >= 15 is 0 Å². The van der Waals surface area contributed by atoms with Crippen LogP contribution in [0.1, 0.15) is 58.8 Å². The highest BCUT2D eigenvalue weighted by Gasteiger charge is 2.43. The Balaban J connectivity index is 1.98. The van der Waals surface area contributed by atoms with Gasteiger partial charge in [-0.2, -0.15) is 0 Å². The van der Waals surface area contributed by atoms with Gasteiger partial charge in [0.2, 0.25) is 5.91 Å². The first-order valence-corrected chi connectivity index (χ1v) is 8.40. The molecule has 1 amide bonds. The molecule has 1 heterocycles. The standard InChI is InChI=1S/C16H31N3O/c1-3-6-13-8-10-19(12-13)14-7-5-9-16(11-14,15(17)20)18-4-2/h13-14,18H,3-12H2,1-2H3,(H2,17,20). The highest BCUT2D eigenvalue weighted by Crippen LogP contribution is 2.34. The Hall–Kier alpha value is -0.610. The summed E-state index contributed by atoms with van der Waals surface area (Å²) in [6.45, 7) is 7.57. The molecule has 3 atom stereocenters. The van der Waals surface area contributed by atoms with Gasteiger partial charge in [-0.25, -0.2) is 0 Å². The zero-order valence-corrected chi connectivity index (χ0v) is 13.2. The Labute approximate surface area is 123 Å². The Bertz CT molecular complexity index is 330. The molecule has 2 rings (SSSR count). The van der Waals surface area contributed by atoms with E-state index in [1.54, 1.807) is 0 Å². The molecular formula is C16H31N3O. The number of nitrogens with one attached hydrogen (secondary N) is 1. The van der Waals surface area contributed by atoms with Gasteiger partial charge in [0.05, 0.1) is 5.54 Å². The van der Waals surface area contributed by atoms with Crippen molar-refractivity contribution >= 4 is 5.91 Å². The molecule has 1 aliphatic carbocycles. The van der Waals surface area contributed by atoms with Crippen LogP contribution in [0.5, 0.6) is 0 Å². The van der Waals surface area contributed by atoms with Crippen LogP contribution in [0, 0.1) is 5.92 Å². The molecule has 0 aromatic heterocycles. The Morgan fingerprint density at radius 1 is 1.40 bits per heavy atom. The predicted octanol–water partition coefficient (Wildman–Crippen LogP) is 1.88. The fourth-order valence-corrected chi connectivity index (χ4v) is 4.21. The number of carbonyl (C=O) groups excluding carboxylic acids is 1. The Morgan fingerprint density at radius 3 is 2.85 bits per heavy atom. The second-order valence-corrected chi connectivity index (χ2v) is 6.67. The van der Waals surface area contributed by atoms with Crippen LogP contribution in [0.2, 0.25) is 0 Å². The molecule has 4 heteroatoms. The molecule has 2 fully saturated rings. The molecular weight excluding hydrogens is 250 g/mol. The van der Waals surface area contributed by atoms with Crippen molar-refractivity contribution in [3.05, 3.63) is 0 Å². The van der Waals surface area contributed by atoms with Gasteiger partial charge in [-0.05, 0) is 57.5 Å². The molecule has 1 aliphatic heterocycles. The third-order valence-corrected chi connectivity index (χ3v) is 5.24. The van der Waals surface area contributed by atoms with Crippen LogP contribution in [0.25, 0.3) is 0 Å². The minimum absolute atomic E-state index is 0.159. The number of nitrogens with two attached hydrogens (primary N) is 1. The molecule has 0 aromatic rings. The van der Waals surface area contributed by atoms with E-state index in [-0.39, 0.29) is 5.91 Å². The van der Waals surface area contributed by atoms with E-state index in [2.05, 4.69) is 24.1 Å². The summed E-state index contributed by atoms with van der Waals surface area (Å²) >= 11 is 0. The Kier molecular flexibility index (Phi) is 5.44. The molecule has 2 aliphatic rings. The van der Waals surface area contributed by atoms with Crippen molar-refractivity contribution in [2.24, 2.45) is 11.7 Å². The lowest BCUT2D eigenvalue weighted by Gasteiger charge is -2.42. The highest BCUT2D eigenvalue weighted by molar-refractivity contribution is 5.84. The second kappa shape index (κ2) is 6.90. The van der Waals surface area contributed by atoms with Gasteiger partial charge in [0.15, 0.2) is 0 Å². The summed E-state index contributed by atoms with van der Waals surface area (Å²) in [5, 5.41) is 3.39. The van der Waals surface area contributed by atoms with Crippen LogP contribution >= 0.6 is 0 Å². The van der Waals surface area contributed by atoms with E-state index in [1.807, 2.05) is 0 Å². The fourth-order valence-electron chi connectivity index (χ4n) is 4.21. The number of carbonyl (C=O) groups is 1. The molecule has 1 saturated carbocycles. The van der Waals surface area contributed by atoms with Crippen LogP contribution in [-0.2, 0) is 4.79 Å². The van der Waals surface area contributed by atoms with E-state index in [0.717, 1.165) is 31.7 Å². The van der Waals surface area contributed by atoms with Gasteiger partial charge in [0, 0.05) is 12.6 Å².